The van der Waals surface area contributed by atoms with E-state index in [1.54, 1.807) is 11.3 Å². The van der Waals surface area contributed by atoms with Crippen LogP contribution in [0.15, 0.2) is 29.6 Å². The second-order valence-corrected chi connectivity index (χ2v) is 6.44. The maximum absolute atomic E-state index is 4.54. The number of anilines is 1. The Balaban J connectivity index is 2.10. The number of hydrogen-bond donors (Lipinski definition) is 1. The van der Waals surface area contributed by atoms with Gasteiger partial charge in [0, 0.05) is 30.7 Å². The van der Waals surface area contributed by atoms with Gasteiger partial charge in [-0.3, -0.25) is 0 Å². The van der Waals surface area contributed by atoms with Crippen molar-refractivity contribution in [3.63, 3.8) is 0 Å². The van der Waals surface area contributed by atoms with Crippen molar-refractivity contribution in [2.24, 2.45) is 0 Å². The van der Waals surface area contributed by atoms with E-state index in [2.05, 4.69) is 72.7 Å². The Hall–Kier alpha value is -1.39. The fraction of sp³-hybridized carbons (Fsp3) is 0.438. The number of nitrogens with one attached hydrogen (secondary N) is 1. The highest BCUT2D eigenvalue weighted by molar-refractivity contribution is 7.09. The van der Waals surface area contributed by atoms with Crippen molar-refractivity contribution >= 4 is 17.0 Å². The number of aryl methyl sites for hydroxylation is 1. The summed E-state index contributed by atoms with van der Waals surface area (Å²) in [7, 11) is 2.13. The van der Waals surface area contributed by atoms with Gasteiger partial charge in [0.05, 0.1) is 17.2 Å². The topological polar surface area (TPSA) is 28.2 Å². The molecule has 1 heterocycles. The lowest BCUT2D eigenvalue weighted by atomic mass is 10.1. The van der Waals surface area contributed by atoms with E-state index in [0.717, 1.165) is 23.8 Å². The quantitative estimate of drug-likeness (QED) is 0.881. The Morgan fingerprint density at radius 1 is 1.30 bits per heavy atom. The van der Waals surface area contributed by atoms with Crippen molar-refractivity contribution in [3.05, 3.63) is 45.9 Å². The first-order valence-corrected chi connectivity index (χ1v) is 7.87. The highest BCUT2D eigenvalue weighted by atomic mass is 32.1. The zero-order chi connectivity index (χ0) is 14.5. The summed E-state index contributed by atoms with van der Waals surface area (Å²) in [6.45, 7) is 8.14. The molecule has 20 heavy (non-hydrogen) atoms. The molecule has 0 saturated carbocycles. The smallest absolute Gasteiger partial charge is 0.0898 e. The van der Waals surface area contributed by atoms with Crippen LogP contribution < -0.4 is 10.2 Å². The van der Waals surface area contributed by atoms with Crippen LogP contribution in [0, 0.1) is 6.92 Å². The molecule has 1 N–H and O–H groups in total. The maximum atomic E-state index is 4.54. The first-order valence-electron chi connectivity index (χ1n) is 6.99. The number of thiazole rings is 1. The van der Waals surface area contributed by atoms with E-state index in [1.807, 2.05) is 0 Å². The largest absolute Gasteiger partial charge is 0.368 e. The molecule has 108 valence electrons. The molecule has 0 aliphatic carbocycles. The van der Waals surface area contributed by atoms with Gasteiger partial charge < -0.3 is 10.2 Å². The van der Waals surface area contributed by atoms with Crippen LogP contribution in [-0.2, 0) is 13.1 Å². The van der Waals surface area contributed by atoms with Gasteiger partial charge in [0.2, 0.25) is 0 Å². The normalized spacial score (nSPS) is 11.1. The summed E-state index contributed by atoms with van der Waals surface area (Å²) in [5.41, 5.74) is 3.74. The highest BCUT2D eigenvalue weighted by Gasteiger charge is 2.09. The monoisotopic (exact) mass is 289 g/mol. The number of para-hydroxylation sites is 1. The zero-order valence-corrected chi connectivity index (χ0v) is 13.5. The summed E-state index contributed by atoms with van der Waals surface area (Å²) in [6.07, 6.45) is 0. The van der Waals surface area contributed by atoms with Crippen LogP contribution in [0.25, 0.3) is 0 Å². The molecule has 0 spiro atoms. The van der Waals surface area contributed by atoms with Crippen LogP contribution in [0.1, 0.15) is 30.1 Å². The summed E-state index contributed by atoms with van der Waals surface area (Å²) in [6, 6.07) is 9.05. The van der Waals surface area contributed by atoms with Crippen LogP contribution in [0.4, 0.5) is 5.69 Å². The minimum atomic E-state index is 0.495. The summed E-state index contributed by atoms with van der Waals surface area (Å²) < 4.78 is 0. The van der Waals surface area contributed by atoms with Gasteiger partial charge in [-0.1, -0.05) is 32.0 Å². The van der Waals surface area contributed by atoms with Gasteiger partial charge in [-0.2, -0.15) is 0 Å². The van der Waals surface area contributed by atoms with Gasteiger partial charge in [0.15, 0.2) is 0 Å². The van der Waals surface area contributed by atoms with Crippen LogP contribution in [0.2, 0.25) is 0 Å². The number of benzene rings is 1. The predicted octanol–water partition coefficient (Wildman–Crippen LogP) is 3.59. The van der Waals surface area contributed by atoms with E-state index in [4.69, 9.17) is 0 Å². The minimum absolute atomic E-state index is 0.495. The Bertz CT molecular complexity index is 548. The van der Waals surface area contributed by atoms with Crippen LogP contribution in [0.5, 0.6) is 0 Å². The number of aromatic nitrogens is 1. The number of rotatable bonds is 6. The third-order valence-electron chi connectivity index (χ3n) is 3.17. The SMILES string of the molecule is Cc1nc(CN(C)c2ccccc2CNC(C)C)cs1. The zero-order valence-electron chi connectivity index (χ0n) is 12.7. The minimum Gasteiger partial charge on any atom is -0.368 e. The fourth-order valence-corrected chi connectivity index (χ4v) is 2.76. The maximum Gasteiger partial charge on any atom is 0.0898 e. The summed E-state index contributed by atoms with van der Waals surface area (Å²) in [5, 5.41) is 6.75. The Morgan fingerprint density at radius 3 is 2.70 bits per heavy atom. The lowest BCUT2D eigenvalue weighted by Gasteiger charge is -2.22. The lowest BCUT2D eigenvalue weighted by Crippen LogP contribution is -2.24. The lowest BCUT2D eigenvalue weighted by molar-refractivity contribution is 0.588. The molecule has 1 aromatic heterocycles. The summed E-state index contributed by atoms with van der Waals surface area (Å²) >= 11 is 1.71. The standard InChI is InChI=1S/C16H23N3S/c1-12(2)17-9-14-7-5-6-8-16(14)19(4)10-15-11-20-13(3)18-15/h5-8,11-12,17H,9-10H2,1-4H3. The predicted molar refractivity (Wildman–Crippen MR) is 87.4 cm³/mol. The molecule has 0 atom stereocenters. The van der Waals surface area contributed by atoms with Crippen LogP contribution >= 0.6 is 11.3 Å². The van der Waals surface area contributed by atoms with E-state index < -0.39 is 0 Å². The third-order valence-corrected chi connectivity index (χ3v) is 3.99. The molecule has 0 amide bonds. The molecule has 0 fully saturated rings. The molecule has 4 heteroatoms. The summed E-state index contributed by atoms with van der Waals surface area (Å²) in [4.78, 5) is 6.81. The molecule has 0 unspecified atom stereocenters. The second-order valence-electron chi connectivity index (χ2n) is 5.38. The Morgan fingerprint density at radius 2 is 2.05 bits per heavy atom. The van der Waals surface area contributed by atoms with Gasteiger partial charge in [0.25, 0.3) is 0 Å². The summed E-state index contributed by atoms with van der Waals surface area (Å²) in [5.74, 6) is 0. The van der Waals surface area contributed by atoms with Crippen molar-refractivity contribution in [1.82, 2.24) is 10.3 Å². The Kier molecular flexibility index (Phi) is 5.15. The fourth-order valence-electron chi connectivity index (χ4n) is 2.16. The van der Waals surface area contributed by atoms with Gasteiger partial charge in [-0.25, -0.2) is 4.98 Å². The van der Waals surface area contributed by atoms with Gasteiger partial charge in [-0.15, -0.1) is 11.3 Å². The van der Waals surface area contributed by atoms with Crippen molar-refractivity contribution in [1.29, 1.82) is 0 Å². The van der Waals surface area contributed by atoms with E-state index in [0.29, 0.717) is 6.04 Å². The number of hydrogen-bond acceptors (Lipinski definition) is 4. The van der Waals surface area contributed by atoms with Crippen molar-refractivity contribution < 1.29 is 0 Å². The second kappa shape index (κ2) is 6.86. The number of nitrogens with zero attached hydrogens (tertiary/aromatic N) is 2. The first kappa shape index (κ1) is 15.0. The average molecular weight is 289 g/mol. The molecule has 0 bridgehead atoms. The molecular formula is C16H23N3S. The Labute approximate surface area is 125 Å². The van der Waals surface area contributed by atoms with E-state index in [-0.39, 0.29) is 0 Å². The molecule has 3 nitrogen and oxygen atoms in total. The van der Waals surface area contributed by atoms with E-state index >= 15 is 0 Å². The molecule has 0 aliphatic rings. The first-order chi connectivity index (χ1) is 9.56. The van der Waals surface area contributed by atoms with E-state index in [1.165, 1.54) is 11.3 Å². The average Bonchev–Trinajstić information content (AvgIpc) is 2.82. The van der Waals surface area contributed by atoms with Crippen molar-refractivity contribution in [2.45, 2.75) is 39.9 Å². The molecule has 0 radical (unpaired) electrons. The van der Waals surface area contributed by atoms with Gasteiger partial charge in [-0.05, 0) is 18.6 Å². The van der Waals surface area contributed by atoms with Gasteiger partial charge in [0.1, 0.15) is 0 Å². The highest BCUT2D eigenvalue weighted by Crippen LogP contribution is 2.21. The molecular weight excluding hydrogens is 266 g/mol. The molecule has 0 aliphatic heterocycles. The van der Waals surface area contributed by atoms with Crippen molar-refractivity contribution in [3.8, 4) is 0 Å². The molecule has 0 saturated heterocycles. The van der Waals surface area contributed by atoms with Gasteiger partial charge >= 0.3 is 0 Å². The van der Waals surface area contributed by atoms with E-state index in [9.17, 15) is 0 Å². The van der Waals surface area contributed by atoms with Crippen LogP contribution in [0.3, 0.4) is 0 Å². The molecule has 1 aromatic carbocycles. The molecule has 2 rings (SSSR count). The molecule has 2 aromatic rings. The third kappa shape index (κ3) is 4.05. The van der Waals surface area contributed by atoms with Crippen molar-refractivity contribution in [2.75, 3.05) is 11.9 Å². The van der Waals surface area contributed by atoms with Crippen LogP contribution in [-0.4, -0.2) is 18.1 Å².